The highest BCUT2D eigenvalue weighted by Gasteiger charge is 2.12. The lowest BCUT2D eigenvalue weighted by molar-refractivity contribution is 0.0528. The largest absolute Gasteiger partial charge is 0.462 e. The molecule has 0 amide bonds. The molecule has 112 valence electrons. The van der Waals surface area contributed by atoms with Crippen molar-refractivity contribution in [3.05, 3.63) is 53.5 Å². The Morgan fingerprint density at radius 2 is 2.18 bits per heavy atom. The van der Waals surface area contributed by atoms with Crippen LogP contribution in [0.2, 0.25) is 0 Å². The number of carbonyl (C=O) groups is 1. The molecule has 2 aromatic heterocycles. The molecule has 2 heterocycles. The SMILES string of the molecule is CCOC(=O)c1ccnc2ccc(Cc3cnn(C)n3)cc12. The van der Waals surface area contributed by atoms with Crippen LogP contribution in [-0.4, -0.2) is 32.6 Å². The number of fused-ring (bicyclic) bond motifs is 1. The summed E-state index contributed by atoms with van der Waals surface area (Å²) in [6, 6.07) is 7.54. The Morgan fingerprint density at radius 1 is 1.32 bits per heavy atom. The lowest BCUT2D eigenvalue weighted by Crippen LogP contribution is -2.06. The molecule has 6 nitrogen and oxygen atoms in total. The monoisotopic (exact) mass is 296 g/mol. The number of esters is 1. The molecular weight excluding hydrogens is 280 g/mol. The van der Waals surface area contributed by atoms with Gasteiger partial charge in [0, 0.05) is 25.1 Å². The molecule has 0 N–H and O–H groups in total. The second-order valence-corrected chi connectivity index (χ2v) is 4.93. The molecule has 3 rings (SSSR count). The van der Waals surface area contributed by atoms with Crippen molar-refractivity contribution < 1.29 is 9.53 Å². The molecule has 0 aliphatic rings. The molecule has 0 unspecified atom stereocenters. The first-order chi connectivity index (χ1) is 10.7. The van der Waals surface area contributed by atoms with Crippen molar-refractivity contribution >= 4 is 16.9 Å². The van der Waals surface area contributed by atoms with E-state index in [2.05, 4.69) is 15.2 Å². The fourth-order valence-corrected chi connectivity index (χ4v) is 2.37. The van der Waals surface area contributed by atoms with Crippen molar-refractivity contribution in [3.63, 3.8) is 0 Å². The molecule has 3 aromatic rings. The first-order valence-electron chi connectivity index (χ1n) is 7.07. The van der Waals surface area contributed by atoms with Crippen molar-refractivity contribution in [1.82, 2.24) is 20.0 Å². The Hall–Kier alpha value is -2.76. The van der Waals surface area contributed by atoms with Crippen LogP contribution in [0.3, 0.4) is 0 Å². The number of hydrogen-bond donors (Lipinski definition) is 0. The third kappa shape index (κ3) is 2.81. The number of pyridine rings is 1. The Morgan fingerprint density at radius 3 is 2.91 bits per heavy atom. The lowest BCUT2D eigenvalue weighted by Gasteiger charge is -2.07. The van der Waals surface area contributed by atoms with E-state index in [1.807, 2.05) is 18.2 Å². The quantitative estimate of drug-likeness (QED) is 0.690. The maximum Gasteiger partial charge on any atom is 0.338 e. The molecule has 0 saturated heterocycles. The van der Waals surface area contributed by atoms with E-state index >= 15 is 0 Å². The van der Waals surface area contributed by atoms with Gasteiger partial charge in [0.1, 0.15) is 0 Å². The number of ether oxygens (including phenoxy) is 1. The Labute approximate surface area is 127 Å². The van der Waals surface area contributed by atoms with Gasteiger partial charge in [0.25, 0.3) is 0 Å². The van der Waals surface area contributed by atoms with Gasteiger partial charge in [-0.2, -0.15) is 15.0 Å². The van der Waals surface area contributed by atoms with Gasteiger partial charge in [0.05, 0.1) is 29.6 Å². The van der Waals surface area contributed by atoms with E-state index in [1.165, 1.54) is 4.80 Å². The van der Waals surface area contributed by atoms with Crippen LogP contribution < -0.4 is 0 Å². The smallest absolute Gasteiger partial charge is 0.338 e. The highest BCUT2D eigenvalue weighted by Crippen LogP contribution is 2.20. The van der Waals surface area contributed by atoms with Gasteiger partial charge in [-0.3, -0.25) is 4.98 Å². The predicted octanol–water partition coefficient (Wildman–Crippen LogP) is 2.13. The molecule has 0 saturated carbocycles. The number of benzene rings is 1. The fourth-order valence-electron chi connectivity index (χ4n) is 2.37. The lowest BCUT2D eigenvalue weighted by atomic mass is 10.0. The normalized spacial score (nSPS) is 10.8. The molecule has 22 heavy (non-hydrogen) atoms. The molecule has 0 fully saturated rings. The molecule has 0 aliphatic heterocycles. The number of aryl methyl sites for hydroxylation is 1. The minimum absolute atomic E-state index is 0.327. The summed E-state index contributed by atoms with van der Waals surface area (Å²) in [4.78, 5) is 17.9. The van der Waals surface area contributed by atoms with Gasteiger partial charge < -0.3 is 4.74 Å². The molecule has 0 bridgehead atoms. The van der Waals surface area contributed by atoms with Gasteiger partial charge in [0.2, 0.25) is 0 Å². The maximum absolute atomic E-state index is 12.1. The standard InChI is InChI=1S/C16H16N4O2/c1-3-22-16(21)13-6-7-17-15-5-4-11(9-14(13)15)8-12-10-18-20(2)19-12/h4-7,9-10H,3,8H2,1-2H3. The summed E-state index contributed by atoms with van der Waals surface area (Å²) >= 11 is 0. The summed E-state index contributed by atoms with van der Waals surface area (Å²) in [5.41, 5.74) is 3.23. The average Bonchev–Trinajstić information content (AvgIpc) is 2.92. The van der Waals surface area contributed by atoms with Crippen molar-refractivity contribution in [1.29, 1.82) is 0 Å². The number of hydrogen-bond acceptors (Lipinski definition) is 5. The van der Waals surface area contributed by atoms with Gasteiger partial charge in [-0.25, -0.2) is 4.79 Å². The van der Waals surface area contributed by atoms with Crippen LogP contribution in [0, 0.1) is 0 Å². The van der Waals surface area contributed by atoms with E-state index < -0.39 is 0 Å². The van der Waals surface area contributed by atoms with Gasteiger partial charge >= 0.3 is 5.97 Å². The van der Waals surface area contributed by atoms with Crippen LogP contribution >= 0.6 is 0 Å². The Balaban J connectivity index is 2.00. The van der Waals surface area contributed by atoms with Crippen LogP contribution in [0.4, 0.5) is 0 Å². The fraction of sp³-hybridized carbons (Fsp3) is 0.250. The first-order valence-corrected chi connectivity index (χ1v) is 7.07. The summed E-state index contributed by atoms with van der Waals surface area (Å²) in [6.45, 7) is 2.14. The summed E-state index contributed by atoms with van der Waals surface area (Å²) < 4.78 is 5.11. The summed E-state index contributed by atoms with van der Waals surface area (Å²) in [5, 5.41) is 9.13. The second-order valence-electron chi connectivity index (χ2n) is 4.93. The summed E-state index contributed by atoms with van der Waals surface area (Å²) in [6.07, 6.45) is 4.01. The van der Waals surface area contributed by atoms with Gasteiger partial charge in [-0.05, 0) is 30.7 Å². The average molecular weight is 296 g/mol. The third-order valence-corrected chi connectivity index (χ3v) is 3.33. The highest BCUT2D eigenvalue weighted by molar-refractivity contribution is 6.03. The van der Waals surface area contributed by atoms with E-state index in [0.29, 0.717) is 18.6 Å². The minimum atomic E-state index is -0.327. The number of rotatable bonds is 4. The zero-order valence-electron chi connectivity index (χ0n) is 12.5. The Bertz CT molecular complexity index is 826. The van der Waals surface area contributed by atoms with Crippen molar-refractivity contribution in [2.24, 2.45) is 7.05 Å². The van der Waals surface area contributed by atoms with Crippen molar-refractivity contribution in [2.75, 3.05) is 6.61 Å². The van der Waals surface area contributed by atoms with Crippen molar-refractivity contribution in [3.8, 4) is 0 Å². The van der Waals surface area contributed by atoms with Crippen LogP contribution in [0.25, 0.3) is 10.9 Å². The molecule has 6 heteroatoms. The summed E-state index contributed by atoms with van der Waals surface area (Å²) in [5.74, 6) is -0.327. The molecule has 0 aliphatic carbocycles. The topological polar surface area (TPSA) is 69.9 Å². The van der Waals surface area contributed by atoms with Gasteiger partial charge in [-0.1, -0.05) is 6.07 Å². The predicted molar refractivity (Wildman–Crippen MR) is 81.5 cm³/mol. The van der Waals surface area contributed by atoms with Crippen LogP contribution in [0.5, 0.6) is 0 Å². The zero-order valence-corrected chi connectivity index (χ0v) is 12.5. The zero-order chi connectivity index (χ0) is 15.5. The molecule has 0 spiro atoms. The van der Waals surface area contributed by atoms with Crippen molar-refractivity contribution in [2.45, 2.75) is 13.3 Å². The molecular formula is C16H16N4O2. The maximum atomic E-state index is 12.1. The van der Waals surface area contributed by atoms with Crippen LogP contribution in [0.15, 0.2) is 36.7 Å². The van der Waals surface area contributed by atoms with Crippen LogP contribution in [-0.2, 0) is 18.2 Å². The van der Waals surface area contributed by atoms with E-state index in [9.17, 15) is 4.79 Å². The first kappa shape index (κ1) is 14.2. The van der Waals surface area contributed by atoms with E-state index in [-0.39, 0.29) is 5.97 Å². The molecule has 0 atom stereocenters. The number of aromatic nitrogens is 4. The van der Waals surface area contributed by atoms with E-state index in [1.54, 1.807) is 32.4 Å². The minimum Gasteiger partial charge on any atom is -0.462 e. The second kappa shape index (κ2) is 5.93. The van der Waals surface area contributed by atoms with Gasteiger partial charge in [-0.15, -0.1) is 0 Å². The van der Waals surface area contributed by atoms with Crippen LogP contribution in [0.1, 0.15) is 28.5 Å². The Kier molecular flexibility index (Phi) is 3.82. The number of carbonyl (C=O) groups excluding carboxylic acids is 1. The van der Waals surface area contributed by atoms with E-state index in [0.717, 1.165) is 22.2 Å². The molecule has 1 aromatic carbocycles. The van der Waals surface area contributed by atoms with E-state index in [4.69, 9.17) is 4.74 Å². The van der Waals surface area contributed by atoms with Gasteiger partial charge in [0.15, 0.2) is 0 Å². The summed E-state index contributed by atoms with van der Waals surface area (Å²) in [7, 11) is 1.78. The number of nitrogens with zero attached hydrogens (tertiary/aromatic N) is 4. The molecule has 0 radical (unpaired) electrons. The third-order valence-electron chi connectivity index (χ3n) is 3.33. The highest BCUT2D eigenvalue weighted by atomic mass is 16.5.